The molecule has 0 radical (unpaired) electrons. The maximum Gasteiger partial charge on any atom is 0.181 e. The summed E-state index contributed by atoms with van der Waals surface area (Å²) < 4.78 is 17.7. The molecule has 4 aliphatic rings. The number of fused-ring (bicyclic) bond motifs is 3. The van der Waals surface area contributed by atoms with Crippen LogP contribution in [0.1, 0.15) is 102 Å². The zero-order valence-corrected chi connectivity index (χ0v) is 19.7. The lowest BCUT2D eigenvalue weighted by molar-refractivity contribution is -0.232. The molecule has 1 heterocycles. The largest absolute Gasteiger partial charge is 0.366 e. The van der Waals surface area contributed by atoms with Crippen molar-refractivity contribution < 1.29 is 14.2 Å². The van der Waals surface area contributed by atoms with Crippen molar-refractivity contribution >= 4 is 0 Å². The minimum atomic E-state index is -0.252. The van der Waals surface area contributed by atoms with Crippen molar-refractivity contribution in [3.8, 4) is 0 Å². The summed E-state index contributed by atoms with van der Waals surface area (Å²) in [4.78, 5) is 0. The topological polar surface area (TPSA) is 27.7 Å². The molecule has 3 saturated carbocycles. The number of hydrogen-bond acceptors (Lipinski definition) is 3. The Morgan fingerprint density at radius 1 is 0.903 bits per heavy atom. The monoisotopic (exact) mass is 426 g/mol. The van der Waals surface area contributed by atoms with Crippen LogP contribution in [0.5, 0.6) is 0 Å². The van der Waals surface area contributed by atoms with E-state index in [1.807, 2.05) is 6.08 Å². The van der Waals surface area contributed by atoms with Gasteiger partial charge in [-0.3, -0.25) is 0 Å². The quantitative estimate of drug-likeness (QED) is 0.291. The van der Waals surface area contributed by atoms with Crippen LogP contribution in [0.4, 0.5) is 0 Å². The Hall–Kier alpha value is -1.16. The van der Waals surface area contributed by atoms with E-state index in [0.29, 0.717) is 30.7 Å². The average Bonchev–Trinajstić information content (AvgIpc) is 2.84. The van der Waals surface area contributed by atoms with Gasteiger partial charge in [0.1, 0.15) is 6.10 Å². The maximum absolute atomic E-state index is 6.06. The molecule has 0 aromatic heterocycles. The molecule has 0 N–H and O–H groups in total. The van der Waals surface area contributed by atoms with Gasteiger partial charge in [0.2, 0.25) is 0 Å². The number of ether oxygens (including phenoxy) is 3. The van der Waals surface area contributed by atoms with E-state index in [4.69, 9.17) is 14.2 Å². The van der Waals surface area contributed by atoms with Gasteiger partial charge in [-0.2, -0.15) is 0 Å². The number of hydrogen-bond donors (Lipinski definition) is 0. The highest BCUT2D eigenvalue weighted by Crippen LogP contribution is 2.59. The number of rotatable bonds is 10. The Morgan fingerprint density at radius 2 is 1.65 bits per heavy atom. The van der Waals surface area contributed by atoms with Gasteiger partial charge in [0, 0.05) is 0 Å². The lowest BCUT2D eigenvalue weighted by Crippen LogP contribution is -2.44. The van der Waals surface area contributed by atoms with Crippen LogP contribution in [0.15, 0.2) is 36.4 Å². The van der Waals surface area contributed by atoms with E-state index >= 15 is 0 Å². The first-order chi connectivity index (χ1) is 15.2. The second kappa shape index (κ2) is 10.6. The Balaban J connectivity index is 1.28. The van der Waals surface area contributed by atoms with Crippen molar-refractivity contribution in [3.05, 3.63) is 47.5 Å². The van der Waals surface area contributed by atoms with E-state index in [9.17, 15) is 0 Å². The normalized spacial score (nSPS) is 33.2. The molecule has 2 unspecified atom stereocenters. The lowest BCUT2D eigenvalue weighted by atomic mass is 9.51. The number of unbranched alkanes of at least 4 members (excludes halogenated alkanes) is 2. The standard InChI is InChI=1S/C28H42O3/c1-3-5-7-13-27-14-17-28(18-15-27,19-16-27)24-11-9-23(10-12-24)25-21-31-26(22-30-25)29-20-8-6-4-2/h6,8-12,25-26H,3-5,7,13-22H2,1-2H3/b8-6+. The molecule has 3 nitrogen and oxygen atoms in total. The van der Waals surface area contributed by atoms with Gasteiger partial charge in [-0.25, -0.2) is 0 Å². The third-order valence-electron chi connectivity index (χ3n) is 8.25. The van der Waals surface area contributed by atoms with Gasteiger partial charge in [-0.05, 0) is 73.3 Å². The van der Waals surface area contributed by atoms with Gasteiger partial charge >= 0.3 is 0 Å². The molecule has 5 rings (SSSR count). The van der Waals surface area contributed by atoms with E-state index in [0.717, 1.165) is 6.42 Å². The molecule has 0 amide bonds. The van der Waals surface area contributed by atoms with E-state index in [1.165, 1.54) is 69.8 Å². The van der Waals surface area contributed by atoms with Crippen LogP contribution in [0.3, 0.4) is 0 Å². The van der Waals surface area contributed by atoms with E-state index in [-0.39, 0.29) is 12.4 Å². The number of benzene rings is 1. The highest BCUT2D eigenvalue weighted by molar-refractivity contribution is 5.32. The second-order valence-electron chi connectivity index (χ2n) is 10.2. The molecule has 1 saturated heterocycles. The van der Waals surface area contributed by atoms with Crippen LogP contribution in [-0.2, 0) is 19.6 Å². The molecule has 1 aromatic rings. The SMILES string of the molecule is CC/C=C/COC1COC(c2ccc(C34CCC(CCCCC)(CC3)CC4)cc2)CO1. The van der Waals surface area contributed by atoms with Gasteiger partial charge in [0.05, 0.1) is 19.8 Å². The molecular formula is C28H42O3. The molecule has 3 aliphatic carbocycles. The summed E-state index contributed by atoms with van der Waals surface area (Å²) in [5.41, 5.74) is 3.89. The van der Waals surface area contributed by atoms with Crippen molar-refractivity contribution in [3.63, 3.8) is 0 Å². The van der Waals surface area contributed by atoms with Crippen LogP contribution in [0.2, 0.25) is 0 Å². The average molecular weight is 427 g/mol. The van der Waals surface area contributed by atoms with Gasteiger partial charge in [0.25, 0.3) is 0 Å². The predicted octanol–water partition coefficient (Wildman–Crippen LogP) is 7.26. The van der Waals surface area contributed by atoms with E-state index < -0.39 is 0 Å². The fourth-order valence-electron chi connectivity index (χ4n) is 6.04. The van der Waals surface area contributed by atoms with Crippen LogP contribution in [0.25, 0.3) is 0 Å². The molecule has 2 atom stereocenters. The Kier molecular flexibility index (Phi) is 7.90. The molecule has 3 heteroatoms. The van der Waals surface area contributed by atoms with Crippen molar-refractivity contribution in [1.82, 2.24) is 0 Å². The molecule has 0 spiro atoms. The van der Waals surface area contributed by atoms with Crippen LogP contribution >= 0.6 is 0 Å². The van der Waals surface area contributed by atoms with Crippen LogP contribution < -0.4 is 0 Å². The predicted molar refractivity (Wildman–Crippen MR) is 126 cm³/mol. The highest BCUT2D eigenvalue weighted by Gasteiger charge is 2.48. The summed E-state index contributed by atoms with van der Waals surface area (Å²) in [6.07, 6.45) is 19.1. The minimum absolute atomic E-state index is 0.0153. The molecular weight excluding hydrogens is 384 g/mol. The third-order valence-corrected chi connectivity index (χ3v) is 8.25. The van der Waals surface area contributed by atoms with Gasteiger partial charge in [0.15, 0.2) is 6.29 Å². The van der Waals surface area contributed by atoms with E-state index in [1.54, 1.807) is 5.56 Å². The van der Waals surface area contributed by atoms with Gasteiger partial charge in [-0.1, -0.05) is 69.5 Å². The first-order valence-electron chi connectivity index (χ1n) is 12.8. The Bertz CT molecular complexity index is 675. The first-order valence-corrected chi connectivity index (χ1v) is 12.8. The van der Waals surface area contributed by atoms with Crippen LogP contribution in [0, 0.1) is 5.41 Å². The van der Waals surface area contributed by atoms with Crippen molar-refractivity contribution in [1.29, 1.82) is 0 Å². The van der Waals surface area contributed by atoms with E-state index in [2.05, 4.69) is 44.2 Å². The minimum Gasteiger partial charge on any atom is -0.366 e. The van der Waals surface area contributed by atoms with Crippen molar-refractivity contribution in [2.24, 2.45) is 5.41 Å². The summed E-state index contributed by atoms with van der Waals surface area (Å²) in [5, 5.41) is 0. The maximum atomic E-state index is 6.06. The Labute approximate surface area is 189 Å². The second-order valence-corrected chi connectivity index (χ2v) is 10.2. The lowest BCUT2D eigenvalue weighted by Gasteiger charge is -2.54. The molecule has 2 bridgehead atoms. The van der Waals surface area contributed by atoms with Crippen molar-refractivity contribution in [2.75, 3.05) is 19.8 Å². The van der Waals surface area contributed by atoms with Gasteiger partial charge < -0.3 is 14.2 Å². The third kappa shape index (κ3) is 5.43. The first kappa shape index (κ1) is 23.0. The zero-order chi connectivity index (χ0) is 21.6. The highest BCUT2D eigenvalue weighted by atomic mass is 16.7. The molecule has 31 heavy (non-hydrogen) atoms. The summed E-state index contributed by atoms with van der Waals surface area (Å²) in [6.45, 7) is 6.08. The van der Waals surface area contributed by atoms with Crippen LogP contribution in [-0.4, -0.2) is 26.1 Å². The Morgan fingerprint density at radius 3 is 2.26 bits per heavy atom. The molecule has 4 fully saturated rings. The fourth-order valence-corrected chi connectivity index (χ4v) is 6.04. The fraction of sp³-hybridized carbons (Fsp3) is 0.714. The number of allylic oxidation sites excluding steroid dienone is 1. The zero-order valence-electron chi connectivity index (χ0n) is 19.7. The van der Waals surface area contributed by atoms with Crippen molar-refractivity contribution in [2.45, 2.75) is 102 Å². The molecule has 172 valence electrons. The summed E-state index contributed by atoms with van der Waals surface area (Å²) in [7, 11) is 0. The summed E-state index contributed by atoms with van der Waals surface area (Å²) >= 11 is 0. The van der Waals surface area contributed by atoms with Gasteiger partial charge in [-0.15, -0.1) is 0 Å². The molecule has 1 aromatic carbocycles. The summed E-state index contributed by atoms with van der Waals surface area (Å²) in [6, 6.07) is 9.32. The smallest absolute Gasteiger partial charge is 0.181 e. The molecule has 1 aliphatic heterocycles. The summed E-state index contributed by atoms with van der Waals surface area (Å²) in [5.74, 6) is 0.